The number of hydrogen-bond acceptors (Lipinski definition) is 2. The molecule has 4 heteroatoms. The van der Waals surface area contributed by atoms with E-state index in [0.717, 1.165) is 11.3 Å². The lowest BCUT2D eigenvalue weighted by Gasteiger charge is -2.26. The molecule has 2 aromatic carbocycles. The summed E-state index contributed by atoms with van der Waals surface area (Å²) < 4.78 is 0. The Morgan fingerprint density at radius 3 is 2.43 bits per heavy atom. The molecular formula is C17H14ClNO2. The SMILES string of the molecule is CN1C(=O)CCc2cc(C(=O)c3ccc(Cl)cc3)ccc21. The van der Waals surface area contributed by atoms with Crippen molar-refractivity contribution in [3.05, 3.63) is 64.2 Å². The number of hydrogen-bond donors (Lipinski definition) is 0. The third kappa shape index (κ3) is 2.57. The Bertz CT molecular complexity index is 722. The van der Waals surface area contributed by atoms with Gasteiger partial charge in [0.15, 0.2) is 5.78 Å². The van der Waals surface area contributed by atoms with Gasteiger partial charge in [0.05, 0.1) is 0 Å². The predicted molar refractivity (Wildman–Crippen MR) is 83.1 cm³/mol. The Balaban J connectivity index is 1.95. The topological polar surface area (TPSA) is 37.4 Å². The van der Waals surface area contributed by atoms with Crippen molar-refractivity contribution in [2.24, 2.45) is 0 Å². The monoisotopic (exact) mass is 299 g/mol. The minimum atomic E-state index is -0.0333. The number of ketones is 1. The molecule has 0 unspecified atom stereocenters. The van der Waals surface area contributed by atoms with E-state index < -0.39 is 0 Å². The van der Waals surface area contributed by atoms with Crippen LogP contribution < -0.4 is 4.90 Å². The first-order chi connectivity index (χ1) is 10.1. The summed E-state index contributed by atoms with van der Waals surface area (Å²) in [6, 6.07) is 12.4. The fourth-order valence-electron chi connectivity index (χ4n) is 2.57. The van der Waals surface area contributed by atoms with Crippen molar-refractivity contribution in [2.75, 3.05) is 11.9 Å². The van der Waals surface area contributed by atoms with Crippen LogP contribution in [0.4, 0.5) is 5.69 Å². The van der Waals surface area contributed by atoms with Gasteiger partial charge in [-0.25, -0.2) is 0 Å². The van der Waals surface area contributed by atoms with Gasteiger partial charge in [-0.1, -0.05) is 11.6 Å². The molecule has 0 radical (unpaired) electrons. The molecule has 0 aromatic heterocycles. The van der Waals surface area contributed by atoms with E-state index >= 15 is 0 Å². The highest BCUT2D eigenvalue weighted by atomic mass is 35.5. The van der Waals surface area contributed by atoms with Crippen LogP contribution in [-0.4, -0.2) is 18.7 Å². The number of halogens is 1. The van der Waals surface area contributed by atoms with E-state index in [2.05, 4.69) is 0 Å². The minimum Gasteiger partial charge on any atom is -0.315 e. The highest BCUT2D eigenvalue weighted by Crippen LogP contribution is 2.28. The molecule has 1 aliphatic rings. The van der Waals surface area contributed by atoms with Gasteiger partial charge in [-0.3, -0.25) is 9.59 Å². The molecule has 0 fully saturated rings. The fourth-order valence-corrected chi connectivity index (χ4v) is 2.69. The van der Waals surface area contributed by atoms with Gasteiger partial charge in [0, 0.05) is 35.3 Å². The molecule has 21 heavy (non-hydrogen) atoms. The normalized spacial score (nSPS) is 14.0. The van der Waals surface area contributed by atoms with Gasteiger partial charge >= 0.3 is 0 Å². The van der Waals surface area contributed by atoms with E-state index in [1.807, 2.05) is 12.1 Å². The molecule has 0 bridgehead atoms. The number of benzene rings is 2. The number of rotatable bonds is 2. The summed E-state index contributed by atoms with van der Waals surface area (Å²) >= 11 is 5.84. The average molecular weight is 300 g/mol. The quantitative estimate of drug-likeness (QED) is 0.796. The maximum absolute atomic E-state index is 12.5. The Morgan fingerprint density at radius 2 is 1.71 bits per heavy atom. The third-order valence-corrected chi connectivity index (χ3v) is 4.04. The van der Waals surface area contributed by atoms with Crippen molar-refractivity contribution in [1.29, 1.82) is 0 Å². The second-order valence-electron chi connectivity index (χ2n) is 5.13. The van der Waals surface area contributed by atoms with Crippen LogP contribution in [0, 0.1) is 0 Å². The lowest BCUT2D eigenvalue weighted by molar-refractivity contribution is -0.118. The first kappa shape index (κ1) is 13.8. The summed E-state index contributed by atoms with van der Waals surface area (Å²) in [6.45, 7) is 0. The largest absolute Gasteiger partial charge is 0.315 e. The number of aryl methyl sites for hydroxylation is 1. The molecular weight excluding hydrogens is 286 g/mol. The number of amides is 1. The van der Waals surface area contributed by atoms with Gasteiger partial charge in [-0.15, -0.1) is 0 Å². The van der Waals surface area contributed by atoms with Crippen LogP contribution in [0.15, 0.2) is 42.5 Å². The summed E-state index contributed by atoms with van der Waals surface area (Å²) in [5.74, 6) is 0.0771. The molecule has 0 saturated heterocycles. The van der Waals surface area contributed by atoms with E-state index in [9.17, 15) is 9.59 Å². The van der Waals surface area contributed by atoms with Crippen LogP contribution in [0.3, 0.4) is 0 Å². The van der Waals surface area contributed by atoms with Crippen LogP contribution in [0.25, 0.3) is 0 Å². The number of nitrogens with zero attached hydrogens (tertiary/aromatic N) is 1. The first-order valence-corrected chi connectivity index (χ1v) is 7.14. The van der Waals surface area contributed by atoms with Gasteiger partial charge < -0.3 is 4.90 Å². The van der Waals surface area contributed by atoms with Crippen LogP contribution in [-0.2, 0) is 11.2 Å². The van der Waals surface area contributed by atoms with Crippen molar-refractivity contribution in [2.45, 2.75) is 12.8 Å². The van der Waals surface area contributed by atoms with Crippen molar-refractivity contribution in [3.63, 3.8) is 0 Å². The van der Waals surface area contributed by atoms with Crippen molar-refractivity contribution >= 4 is 29.0 Å². The molecule has 0 atom stereocenters. The van der Waals surface area contributed by atoms with Crippen molar-refractivity contribution in [1.82, 2.24) is 0 Å². The Kier molecular flexibility index (Phi) is 3.52. The standard InChI is InChI=1S/C17H14ClNO2/c1-19-15-8-4-13(10-12(15)5-9-16(19)20)17(21)11-2-6-14(18)7-3-11/h2-4,6-8,10H,5,9H2,1H3. The van der Waals surface area contributed by atoms with Gasteiger partial charge in [0.25, 0.3) is 0 Å². The van der Waals surface area contributed by atoms with E-state index in [-0.39, 0.29) is 11.7 Å². The molecule has 1 aliphatic heterocycles. The van der Waals surface area contributed by atoms with E-state index in [1.54, 1.807) is 42.3 Å². The lowest BCUT2D eigenvalue weighted by Crippen LogP contribution is -2.31. The molecule has 1 amide bonds. The third-order valence-electron chi connectivity index (χ3n) is 3.79. The van der Waals surface area contributed by atoms with Crippen molar-refractivity contribution < 1.29 is 9.59 Å². The van der Waals surface area contributed by atoms with E-state index in [0.29, 0.717) is 29.0 Å². The van der Waals surface area contributed by atoms with Crippen LogP contribution in [0.5, 0.6) is 0 Å². The molecule has 3 rings (SSSR count). The first-order valence-electron chi connectivity index (χ1n) is 6.76. The highest BCUT2D eigenvalue weighted by molar-refractivity contribution is 6.30. The van der Waals surface area contributed by atoms with Gasteiger partial charge in [-0.05, 0) is 54.4 Å². The minimum absolute atomic E-state index is 0.0333. The Hall–Kier alpha value is -2.13. The zero-order valence-electron chi connectivity index (χ0n) is 11.6. The number of carbonyl (C=O) groups is 2. The van der Waals surface area contributed by atoms with Crippen LogP contribution in [0.1, 0.15) is 27.9 Å². The smallest absolute Gasteiger partial charge is 0.227 e. The van der Waals surface area contributed by atoms with Crippen LogP contribution in [0.2, 0.25) is 5.02 Å². The molecule has 0 saturated carbocycles. The number of anilines is 1. The summed E-state index contributed by atoms with van der Waals surface area (Å²) in [6.07, 6.45) is 1.17. The Morgan fingerprint density at radius 1 is 1.05 bits per heavy atom. The molecule has 2 aromatic rings. The second-order valence-corrected chi connectivity index (χ2v) is 5.57. The fraction of sp³-hybridized carbons (Fsp3) is 0.176. The zero-order valence-corrected chi connectivity index (χ0v) is 12.4. The zero-order chi connectivity index (χ0) is 15.0. The molecule has 3 nitrogen and oxygen atoms in total. The summed E-state index contributed by atoms with van der Waals surface area (Å²) in [7, 11) is 1.76. The maximum atomic E-state index is 12.5. The van der Waals surface area contributed by atoms with E-state index in [1.165, 1.54) is 0 Å². The average Bonchev–Trinajstić information content (AvgIpc) is 2.51. The second kappa shape index (κ2) is 5.34. The molecule has 0 spiro atoms. The molecule has 0 N–H and O–H groups in total. The summed E-state index contributed by atoms with van der Waals surface area (Å²) in [5.41, 5.74) is 3.18. The highest BCUT2D eigenvalue weighted by Gasteiger charge is 2.22. The van der Waals surface area contributed by atoms with Gasteiger partial charge in [0.1, 0.15) is 0 Å². The summed E-state index contributed by atoms with van der Waals surface area (Å²) in [5, 5.41) is 0.608. The van der Waals surface area contributed by atoms with E-state index in [4.69, 9.17) is 11.6 Å². The molecule has 0 aliphatic carbocycles. The van der Waals surface area contributed by atoms with Gasteiger partial charge in [0.2, 0.25) is 5.91 Å². The molecule has 106 valence electrons. The Labute approximate surface area is 128 Å². The van der Waals surface area contributed by atoms with Crippen LogP contribution >= 0.6 is 11.6 Å². The van der Waals surface area contributed by atoms with Gasteiger partial charge in [-0.2, -0.15) is 0 Å². The number of fused-ring (bicyclic) bond motifs is 1. The maximum Gasteiger partial charge on any atom is 0.227 e. The lowest BCUT2D eigenvalue weighted by atomic mass is 9.95. The van der Waals surface area contributed by atoms with Crippen molar-refractivity contribution in [3.8, 4) is 0 Å². The molecule has 1 heterocycles. The number of carbonyl (C=O) groups excluding carboxylic acids is 2. The predicted octanol–water partition coefficient (Wildman–Crippen LogP) is 3.48. The summed E-state index contributed by atoms with van der Waals surface area (Å²) in [4.78, 5) is 25.8.